The Morgan fingerprint density at radius 1 is 0.833 bits per heavy atom. The lowest BCUT2D eigenvalue weighted by atomic mass is 10.1. The Hall–Kier alpha value is -2.73. The second-order valence-corrected chi connectivity index (χ2v) is 7.68. The van der Waals surface area contributed by atoms with Crippen molar-refractivity contribution >= 4 is 58.0 Å². The van der Waals surface area contributed by atoms with Crippen molar-refractivity contribution in [3.8, 4) is 5.75 Å². The van der Waals surface area contributed by atoms with Crippen molar-refractivity contribution in [2.24, 2.45) is 0 Å². The van der Waals surface area contributed by atoms with Crippen molar-refractivity contribution in [1.29, 1.82) is 0 Å². The van der Waals surface area contributed by atoms with Gasteiger partial charge in [-0.2, -0.15) is 0 Å². The van der Waals surface area contributed by atoms with E-state index in [0.717, 1.165) is 5.56 Å². The SMILES string of the molecule is Cc1cc(Cl)ccc1NC(=O)c1ccc(OCC(=O)Nc2cc(Cl)ccc2Cl)cc1. The number of benzene rings is 3. The Morgan fingerprint density at radius 2 is 1.50 bits per heavy atom. The highest BCUT2D eigenvalue weighted by molar-refractivity contribution is 6.35. The molecule has 0 atom stereocenters. The molecule has 3 aromatic rings. The Bertz CT molecular complexity index is 1090. The van der Waals surface area contributed by atoms with Crippen LogP contribution in [-0.4, -0.2) is 18.4 Å². The van der Waals surface area contributed by atoms with E-state index in [1.54, 1.807) is 60.7 Å². The van der Waals surface area contributed by atoms with Crippen LogP contribution in [-0.2, 0) is 4.79 Å². The van der Waals surface area contributed by atoms with E-state index in [-0.39, 0.29) is 18.4 Å². The molecule has 154 valence electrons. The number of amides is 2. The summed E-state index contributed by atoms with van der Waals surface area (Å²) in [5.74, 6) is -0.207. The summed E-state index contributed by atoms with van der Waals surface area (Å²) in [5.41, 5.74) is 2.40. The van der Waals surface area contributed by atoms with Crippen LogP contribution in [0.25, 0.3) is 0 Å². The van der Waals surface area contributed by atoms with E-state index in [4.69, 9.17) is 39.5 Å². The minimum absolute atomic E-state index is 0.224. The molecule has 0 unspecified atom stereocenters. The molecule has 30 heavy (non-hydrogen) atoms. The number of anilines is 2. The van der Waals surface area contributed by atoms with E-state index >= 15 is 0 Å². The molecule has 0 aliphatic rings. The molecule has 0 saturated heterocycles. The third-order valence-electron chi connectivity index (χ3n) is 4.13. The summed E-state index contributed by atoms with van der Waals surface area (Å²) in [7, 11) is 0. The predicted octanol–water partition coefficient (Wildman–Crippen LogP) is 6.23. The van der Waals surface area contributed by atoms with Gasteiger partial charge in [0, 0.05) is 21.3 Å². The van der Waals surface area contributed by atoms with Crippen molar-refractivity contribution < 1.29 is 14.3 Å². The van der Waals surface area contributed by atoms with E-state index in [2.05, 4.69) is 10.6 Å². The zero-order chi connectivity index (χ0) is 21.7. The zero-order valence-electron chi connectivity index (χ0n) is 15.8. The topological polar surface area (TPSA) is 67.4 Å². The molecule has 0 saturated carbocycles. The molecule has 0 spiro atoms. The summed E-state index contributed by atoms with van der Waals surface area (Å²) < 4.78 is 5.46. The smallest absolute Gasteiger partial charge is 0.262 e. The molecule has 0 bridgehead atoms. The summed E-state index contributed by atoms with van der Waals surface area (Å²) in [6, 6.07) is 16.5. The molecule has 5 nitrogen and oxygen atoms in total. The monoisotopic (exact) mass is 462 g/mol. The number of aryl methyl sites for hydroxylation is 1. The minimum Gasteiger partial charge on any atom is -0.484 e. The number of ether oxygens (including phenoxy) is 1. The van der Waals surface area contributed by atoms with Gasteiger partial charge in [-0.1, -0.05) is 34.8 Å². The second kappa shape index (κ2) is 9.85. The van der Waals surface area contributed by atoms with Crippen LogP contribution in [0.1, 0.15) is 15.9 Å². The maximum Gasteiger partial charge on any atom is 0.262 e. The van der Waals surface area contributed by atoms with E-state index in [1.807, 2.05) is 6.92 Å². The average molecular weight is 464 g/mol. The van der Waals surface area contributed by atoms with Gasteiger partial charge < -0.3 is 15.4 Å². The van der Waals surface area contributed by atoms with Crippen LogP contribution in [0.5, 0.6) is 5.75 Å². The minimum atomic E-state index is -0.390. The lowest BCUT2D eigenvalue weighted by Crippen LogP contribution is -2.20. The van der Waals surface area contributed by atoms with Crippen molar-refractivity contribution in [3.05, 3.63) is 86.9 Å². The first-order chi connectivity index (χ1) is 14.3. The van der Waals surface area contributed by atoms with E-state index in [1.165, 1.54) is 0 Å². The van der Waals surface area contributed by atoms with Crippen molar-refractivity contribution in [1.82, 2.24) is 0 Å². The number of halogens is 3. The van der Waals surface area contributed by atoms with Crippen LogP contribution in [0.15, 0.2) is 60.7 Å². The molecule has 8 heteroatoms. The summed E-state index contributed by atoms with van der Waals surface area (Å²) >= 11 is 17.9. The fourth-order valence-electron chi connectivity index (χ4n) is 2.59. The van der Waals surface area contributed by atoms with Crippen LogP contribution in [0.3, 0.4) is 0 Å². The van der Waals surface area contributed by atoms with Gasteiger partial charge in [0.05, 0.1) is 10.7 Å². The summed E-state index contributed by atoms with van der Waals surface area (Å²) in [6.45, 7) is 1.64. The largest absolute Gasteiger partial charge is 0.484 e. The van der Waals surface area contributed by atoms with Crippen LogP contribution in [0.4, 0.5) is 11.4 Å². The van der Waals surface area contributed by atoms with Crippen LogP contribution in [0.2, 0.25) is 15.1 Å². The molecule has 0 heterocycles. The van der Waals surface area contributed by atoms with Crippen LogP contribution >= 0.6 is 34.8 Å². The van der Waals surface area contributed by atoms with Crippen molar-refractivity contribution in [2.75, 3.05) is 17.2 Å². The Labute approximate surface area is 188 Å². The zero-order valence-corrected chi connectivity index (χ0v) is 18.1. The van der Waals surface area contributed by atoms with Gasteiger partial charge in [0.2, 0.25) is 0 Å². The molecule has 2 amide bonds. The molecule has 0 aromatic heterocycles. The van der Waals surface area contributed by atoms with Gasteiger partial charge in [-0.3, -0.25) is 9.59 Å². The summed E-state index contributed by atoms with van der Waals surface area (Å²) in [4.78, 5) is 24.5. The Balaban J connectivity index is 1.55. The lowest BCUT2D eigenvalue weighted by molar-refractivity contribution is -0.118. The maximum absolute atomic E-state index is 12.4. The maximum atomic E-state index is 12.4. The van der Waals surface area contributed by atoms with Gasteiger partial charge >= 0.3 is 0 Å². The fourth-order valence-corrected chi connectivity index (χ4v) is 3.16. The number of hydrogen-bond acceptors (Lipinski definition) is 3. The molecule has 2 N–H and O–H groups in total. The first kappa shape index (κ1) is 22.0. The highest BCUT2D eigenvalue weighted by Gasteiger charge is 2.10. The Kier molecular flexibility index (Phi) is 7.21. The van der Waals surface area contributed by atoms with Gasteiger partial charge in [0.15, 0.2) is 6.61 Å². The standard InChI is InChI=1S/C22H17Cl3N2O3/c1-13-10-15(23)5-9-19(13)27-22(29)14-2-6-17(7-3-14)30-12-21(28)26-20-11-16(24)4-8-18(20)25/h2-11H,12H2,1H3,(H,26,28)(H,27,29). The molecule has 0 fully saturated rings. The van der Waals surface area contributed by atoms with Gasteiger partial charge in [-0.25, -0.2) is 0 Å². The Morgan fingerprint density at radius 3 is 2.20 bits per heavy atom. The molecule has 0 radical (unpaired) electrons. The highest BCUT2D eigenvalue weighted by Crippen LogP contribution is 2.25. The van der Waals surface area contributed by atoms with E-state index in [0.29, 0.717) is 37.8 Å². The van der Waals surface area contributed by atoms with Crippen LogP contribution < -0.4 is 15.4 Å². The van der Waals surface area contributed by atoms with E-state index < -0.39 is 0 Å². The lowest BCUT2D eigenvalue weighted by Gasteiger charge is -2.11. The molecule has 0 aliphatic carbocycles. The molecule has 0 aliphatic heterocycles. The molecular weight excluding hydrogens is 447 g/mol. The first-order valence-electron chi connectivity index (χ1n) is 8.87. The number of nitrogens with one attached hydrogen (secondary N) is 2. The van der Waals surface area contributed by atoms with Crippen LogP contribution in [0, 0.1) is 6.92 Å². The van der Waals surface area contributed by atoms with Gasteiger partial charge in [0.25, 0.3) is 11.8 Å². The first-order valence-corrected chi connectivity index (χ1v) is 10.0. The number of rotatable bonds is 6. The normalized spacial score (nSPS) is 10.4. The average Bonchev–Trinajstić information content (AvgIpc) is 2.71. The highest BCUT2D eigenvalue weighted by atomic mass is 35.5. The second-order valence-electron chi connectivity index (χ2n) is 6.40. The fraction of sp³-hybridized carbons (Fsp3) is 0.0909. The van der Waals surface area contributed by atoms with Gasteiger partial charge in [0.1, 0.15) is 5.75 Å². The van der Waals surface area contributed by atoms with Crippen molar-refractivity contribution in [3.63, 3.8) is 0 Å². The predicted molar refractivity (Wildman–Crippen MR) is 121 cm³/mol. The molecular formula is C22H17Cl3N2O3. The van der Waals surface area contributed by atoms with Gasteiger partial charge in [-0.15, -0.1) is 0 Å². The quantitative estimate of drug-likeness (QED) is 0.456. The summed E-state index contributed by atoms with van der Waals surface area (Å²) in [6.07, 6.45) is 0. The van der Waals surface area contributed by atoms with Gasteiger partial charge in [-0.05, 0) is 73.2 Å². The third kappa shape index (κ3) is 5.89. The molecule has 3 rings (SSSR count). The van der Waals surface area contributed by atoms with E-state index in [9.17, 15) is 9.59 Å². The van der Waals surface area contributed by atoms with Crippen molar-refractivity contribution in [2.45, 2.75) is 6.92 Å². The summed E-state index contributed by atoms with van der Waals surface area (Å²) in [5, 5.41) is 6.90. The number of hydrogen-bond donors (Lipinski definition) is 2. The number of carbonyl (C=O) groups excluding carboxylic acids is 2. The third-order valence-corrected chi connectivity index (χ3v) is 4.93. The molecule has 3 aromatic carbocycles. The number of carbonyl (C=O) groups is 2.